The van der Waals surface area contributed by atoms with E-state index in [0.717, 1.165) is 17.7 Å². The third-order valence-corrected chi connectivity index (χ3v) is 7.07. The highest BCUT2D eigenvalue weighted by Crippen LogP contribution is 2.31. The van der Waals surface area contributed by atoms with Gasteiger partial charge in [-0.15, -0.1) is 6.58 Å². The molecule has 38 heavy (non-hydrogen) atoms. The number of carbonyl (C=O) groups is 1. The van der Waals surface area contributed by atoms with Crippen molar-refractivity contribution in [3.63, 3.8) is 0 Å². The highest BCUT2D eigenvalue weighted by atomic mass is 16.7. The van der Waals surface area contributed by atoms with Gasteiger partial charge < -0.3 is 33.5 Å². The number of ether oxygens (including phenoxy) is 6. The number of methoxy groups -OCH3 is 2. The molecular weight excluding hydrogens is 488 g/mol. The number of rotatable bonds is 19. The second-order valence-corrected chi connectivity index (χ2v) is 10.6. The van der Waals surface area contributed by atoms with Crippen LogP contribution in [0.15, 0.2) is 36.9 Å². The molecule has 216 valence electrons. The predicted octanol–water partition coefficient (Wildman–Crippen LogP) is 5.06. The van der Waals surface area contributed by atoms with Crippen molar-refractivity contribution < 1.29 is 38.3 Å². The van der Waals surface area contributed by atoms with Crippen LogP contribution in [0.1, 0.15) is 65.4 Å². The molecule has 1 N–H and O–H groups in total. The molecule has 0 unspecified atom stereocenters. The Morgan fingerprint density at radius 1 is 1.16 bits per heavy atom. The lowest BCUT2D eigenvalue weighted by molar-refractivity contribution is -0.165. The number of hydrogen-bond donors (Lipinski definition) is 1. The van der Waals surface area contributed by atoms with Crippen LogP contribution in [-0.4, -0.2) is 68.7 Å². The molecule has 6 atom stereocenters. The zero-order chi connectivity index (χ0) is 28.1. The Kier molecular flexibility index (Phi) is 13.9. The first-order valence-corrected chi connectivity index (χ1v) is 13.6. The predicted molar refractivity (Wildman–Crippen MR) is 146 cm³/mol. The zero-order valence-electron chi connectivity index (χ0n) is 24.0. The molecule has 8 nitrogen and oxygen atoms in total. The van der Waals surface area contributed by atoms with E-state index in [2.05, 4.69) is 13.5 Å². The Labute approximate surface area is 228 Å². The van der Waals surface area contributed by atoms with Crippen molar-refractivity contribution in [2.75, 3.05) is 27.6 Å². The van der Waals surface area contributed by atoms with Gasteiger partial charge in [0.05, 0.1) is 38.6 Å². The van der Waals surface area contributed by atoms with Crippen molar-refractivity contribution >= 4 is 5.78 Å². The molecule has 0 aromatic heterocycles. The van der Waals surface area contributed by atoms with Crippen LogP contribution in [-0.2, 0) is 35.1 Å². The summed E-state index contributed by atoms with van der Waals surface area (Å²) >= 11 is 0. The lowest BCUT2D eigenvalue weighted by Gasteiger charge is -2.31. The summed E-state index contributed by atoms with van der Waals surface area (Å²) in [4.78, 5) is 12.9. The van der Waals surface area contributed by atoms with Crippen LogP contribution in [0.4, 0.5) is 0 Å². The van der Waals surface area contributed by atoms with Crippen molar-refractivity contribution in [1.29, 1.82) is 0 Å². The van der Waals surface area contributed by atoms with Gasteiger partial charge in [0.1, 0.15) is 24.4 Å². The number of ketones is 1. The Bertz CT molecular complexity index is 824. The van der Waals surface area contributed by atoms with Crippen molar-refractivity contribution in [2.45, 2.75) is 96.6 Å². The lowest BCUT2D eigenvalue weighted by atomic mass is 9.87. The normalized spacial score (nSPS) is 20.9. The molecule has 1 heterocycles. The second kappa shape index (κ2) is 16.3. The Hall–Kier alpha value is -1.81. The second-order valence-electron chi connectivity index (χ2n) is 10.6. The van der Waals surface area contributed by atoms with E-state index >= 15 is 0 Å². The van der Waals surface area contributed by atoms with Gasteiger partial charge in [0.2, 0.25) is 0 Å². The topological polar surface area (TPSA) is 92.7 Å². The molecule has 0 spiro atoms. The molecule has 1 aliphatic heterocycles. The van der Waals surface area contributed by atoms with E-state index in [-0.39, 0.29) is 49.1 Å². The number of aliphatic hydroxyl groups is 1. The van der Waals surface area contributed by atoms with E-state index in [1.54, 1.807) is 20.3 Å². The van der Waals surface area contributed by atoms with Crippen molar-refractivity contribution in [3.05, 3.63) is 42.5 Å². The van der Waals surface area contributed by atoms with Gasteiger partial charge in [0, 0.05) is 19.4 Å². The molecule has 0 aliphatic carbocycles. The summed E-state index contributed by atoms with van der Waals surface area (Å²) in [6, 6.07) is 7.81. The van der Waals surface area contributed by atoms with Crippen LogP contribution in [0.2, 0.25) is 0 Å². The highest BCUT2D eigenvalue weighted by Gasteiger charge is 2.40. The minimum Gasteiger partial charge on any atom is -0.497 e. The largest absolute Gasteiger partial charge is 0.497 e. The molecule has 1 aromatic carbocycles. The van der Waals surface area contributed by atoms with Crippen LogP contribution in [0.3, 0.4) is 0 Å². The summed E-state index contributed by atoms with van der Waals surface area (Å²) in [6.45, 7) is 12.5. The molecule has 2 rings (SSSR count). The Morgan fingerprint density at radius 2 is 1.87 bits per heavy atom. The van der Waals surface area contributed by atoms with E-state index in [1.165, 1.54) is 0 Å². The Morgan fingerprint density at radius 3 is 2.45 bits per heavy atom. The third kappa shape index (κ3) is 10.8. The fourth-order valence-corrected chi connectivity index (χ4v) is 4.69. The number of allylic oxidation sites excluding steroid dienone is 1. The molecule has 1 saturated heterocycles. The van der Waals surface area contributed by atoms with Crippen LogP contribution < -0.4 is 4.74 Å². The summed E-state index contributed by atoms with van der Waals surface area (Å²) in [7, 11) is 3.21. The van der Waals surface area contributed by atoms with Gasteiger partial charge in [-0.05, 0) is 63.1 Å². The molecular formula is C30H48O8. The van der Waals surface area contributed by atoms with Crippen LogP contribution in [0.5, 0.6) is 5.75 Å². The fourth-order valence-electron chi connectivity index (χ4n) is 4.69. The minimum absolute atomic E-state index is 0.0168. The Balaban J connectivity index is 2.05. The average Bonchev–Trinajstić information content (AvgIpc) is 3.26. The van der Waals surface area contributed by atoms with Crippen LogP contribution >= 0.6 is 0 Å². The number of hydrogen-bond acceptors (Lipinski definition) is 8. The summed E-state index contributed by atoms with van der Waals surface area (Å²) in [6.07, 6.45) is 2.99. The van der Waals surface area contributed by atoms with E-state index in [4.69, 9.17) is 28.4 Å². The monoisotopic (exact) mass is 536 g/mol. The van der Waals surface area contributed by atoms with Gasteiger partial charge in [0.15, 0.2) is 5.79 Å². The molecule has 1 aliphatic rings. The molecule has 0 saturated carbocycles. The van der Waals surface area contributed by atoms with E-state index in [9.17, 15) is 9.90 Å². The maximum absolute atomic E-state index is 12.9. The standard InChI is InChI=1S/C30H48O8/c1-8-9-10-24(31)17-26(32)22(3)27(36-20-33-6)16-11-21(2)29(28-19-37-30(4,5)38-28)35-18-23-12-14-25(34-7)15-13-23/h8,12-15,21-22,24,27-29,31H,1,9-11,16-20H2,2-7H3/t21-,22-,24+,27+,28+,29+/m1/s1. The first kappa shape index (κ1) is 32.4. The molecule has 0 radical (unpaired) electrons. The number of aliphatic hydroxyl groups excluding tert-OH is 1. The first-order valence-electron chi connectivity index (χ1n) is 13.6. The molecule has 1 aromatic rings. The van der Waals surface area contributed by atoms with Crippen LogP contribution in [0, 0.1) is 11.8 Å². The smallest absolute Gasteiger partial charge is 0.163 e. The van der Waals surface area contributed by atoms with Crippen molar-refractivity contribution in [2.24, 2.45) is 11.8 Å². The first-order chi connectivity index (χ1) is 18.1. The summed E-state index contributed by atoms with van der Waals surface area (Å²) in [5.41, 5.74) is 1.04. The summed E-state index contributed by atoms with van der Waals surface area (Å²) in [5, 5.41) is 10.2. The number of Topliss-reactive ketones (excluding diaryl/α,β-unsaturated/α-hetero) is 1. The SMILES string of the molecule is C=CCC[C@H](O)CC(=O)[C@@H](C)[C@H](CC[C@@H](C)[C@H](OCc1ccc(OC)cc1)[C@@H]1COC(C)(C)O1)OCOC. The maximum Gasteiger partial charge on any atom is 0.163 e. The van der Waals surface area contributed by atoms with Gasteiger partial charge in [0.25, 0.3) is 0 Å². The maximum atomic E-state index is 12.9. The van der Waals surface area contributed by atoms with Crippen molar-refractivity contribution in [1.82, 2.24) is 0 Å². The highest BCUT2D eigenvalue weighted by molar-refractivity contribution is 5.81. The lowest BCUT2D eigenvalue weighted by Crippen LogP contribution is -2.39. The van der Waals surface area contributed by atoms with Gasteiger partial charge in [-0.1, -0.05) is 32.1 Å². The van der Waals surface area contributed by atoms with Gasteiger partial charge in [-0.2, -0.15) is 0 Å². The average molecular weight is 537 g/mol. The zero-order valence-corrected chi connectivity index (χ0v) is 24.0. The molecule has 0 amide bonds. The molecule has 8 heteroatoms. The number of carbonyl (C=O) groups excluding carboxylic acids is 1. The van der Waals surface area contributed by atoms with E-state index in [1.807, 2.05) is 45.0 Å². The van der Waals surface area contributed by atoms with E-state index < -0.39 is 11.9 Å². The number of benzene rings is 1. The van der Waals surface area contributed by atoms with Gasteiger partial charge in [-0.25, -0.2) is 0 Å². The van der Waals surface area contributed by atoms with E-state index in [0.29, 0.717) is 32.5 Å². The molecule has 0 bridgehead atoms. The third-order valence-electron chi connectivity index (χ3n) is 7.07. The minimum atomic E-state index is -0.677. The molecule has 1 fully saturated rings. The van der Waals surface area contributed by atoms with Crippen molar-refractivity contribution in [3.8, 4) is 5.75 Å². The summed E-state index contributed by atoms with van der Waals surface area (Å²) < 4.78 is 34.8. The summed E-state index contributed by atoms with van der Waals surface area (Å²) in [5.74, 6) is -0.156. The van der Waals surface area contributed by atoms with Crippen LogP contribution in [0.25, 0.3) is 0 Å². The fraction of sp³-hybridized carbons (Fsp3) is 0.700. The quantitative estimate of drug-likeness (QED) is 0.194. The van der Waals surface area contributed by atoms with Gasteiger partial charge in [-0.3, -0.25) is 4.79 Å². The van der Waals surface area contributed by atoms with Gasteiger partial charge >= 0.3 is 0 Å².